The molecular weight excluding hydrogens is 160 g/mol. The second-order valence-corrected chi connectivity index (χ2v) is 3.57. The second kappa shape index (κ2) is 8.06. The highest BCUT2D eigenvalue weighted by atomic mass is 16.3. The summed E-state index contributed by atoms with van der Waals surface area (Å²) in [5.74, 6) is 0. The van der Waals surface area contributed by atoms with Gasteiger partial charge < -0.3 is 5.11 Å². The molecule has 0 bridgehead atoms. The summed E-state index contributed by atoms with van der Waals surface area (Å²) in [7, 11) is 0. The first-order valence-electron chi connectivity index (χ1n) is 5.18. The molecule has 1 N–H and O–H groups in total. The van der Waals surface area contributed by atoms with Gasteiger partial charge in [-0.1, -0.05) is 44.9 Å². The molecule has 0 amide bonds. The Bertz CT molecular complexity index is 159. The van der Waals surface area contributed by atoms with E-state index in [2.05, 4.69) is 19.6 Å². The van der Waals surface area contributed by atoms with Crippen LogP contribution in [0.25, 0.3) is 0 Å². The van der Waals surface area contributed by atoms with Gasteiger partial charge in [0.05, 0.1) is 6.10 Å². The molecule has 0 spiro atoms. The predicted molar refractivity (Wildman–Crippen MR) is 58.7 cm³/mol. The van der Waals surface area contributed by atoms with E-state index in [0.717, 1.165) is 12.0 Å². The molecule has 1 nitrogen and oxygen atoms in total. The first-order chi connectivity index (χ1) is 6.18. The van der Waals surface area contributed by atoms with Crippen LogP contribution in [0.3, 0.4) is 0 Å². The van der Waals surface area contributed by atoms with Crippen LogP contribution in [-0.4, -0.2) is 11.2 Å². The van der Waals surface area contributed by atoms with Gasteiger partial charge in [-0.05, 0) is 25.3 Å². The maximum Gasteiger partial charge on any atom is 0.0926 e. The lowest BCUT2D eigenvalue weighted by molar-refractivity contribution is 0.259. The minimum Gasteiger partial charge on any atom is -0.385 e. The zero-order chi connectivity index (χ0) is 10.1. The van der Waals surface area contributed by atoms with Crippen molar-refractivity contribution in [2.24, 2.45) is 0 Å². The molecule has 0 aromatic carbocycles. The van der Waals surface area contributed by atoms with E-state index in [-0.39, 0.29) is 0 Å². The lowest BCUT2D eigenvalue weighted by atomic mass is 10.1. The van der Waals surface area contributed by atoms with Gasteiger partial charge in [-0.15, -0.1) is 0 Å². The SMILES string of the molecule is C=C(C)[C@@H](O)/C=C/CCCCCC. The van der Waals surface area contributed by atoms with E-state index < -0.39 is 6.10 Å². The van der Waals surface area contributed by atoms with E-state index >= 15 is 0 Å². The van der Waals surface area contributed by atoms with E-state index in [1.54, 1.807) is 0 Å². The molecule has 1 heteroatoms. The summed E-state index contributed by atoms with van der Waals surface area (Å²) in [5, 5.41) is 9.34. The number of aliphatic hydroxyl groups excluding tert-OH is 1. The van der Waals surface area contributed by atoms with Gasteiger partial charge in [0.15, 0.2) is 0 Å². The lowest BCUT2D eigenvalue weighted by Gasteiger charge is -2.02. The molecule has 1 atom stereocenters. The zero-order valence-electron chi connectivity index (χ0n) is 8.92. The van der Waals surface area contributed by atoms with Gasteiger partial charge in [-0.25, -0.2) is 0 Å². The molecule has 0 aromatic rings. The maximum absolute atomic E-state index is 9.34. The summed E-state index contributed by atoms with van der Waals surface area (Å²) in [6.07, 6.45) is 9.62. The van der Waals surface area contributed by atoms with Gasteiger partial charge in [0, 0.05) is 0 Å². The molecule has 0 heterocycles. The van der Waals surface area contributed by atoms with Crippen LogP contribution in [0.2, 0.25) is 0 Å². The summed E-state index contributed by atoms with van der Waals surface area (Å²) in [6.45, 7) is 7.73. The first-order valence-corrected chi connectivity index (χ1v) is 5.18. The van der Waals surface area contributed by atoms with Gasteiger partial charge in [0.1, 0.15) is 0 Å². The van der Waals surface area contributed by atoms with Crippen LogP contribution in [-0.2, 0) is 0 Å². The first kappa shape index (κ1) is 12.4. The Morgan fingerprint density at radius 3 is 2.62 bits per heavy atom. The van der Waals surface area contributed by atoms with Crippen LogP contribution in [0.5, 0.6) is 0 Å². The van der Waals surface area contributed by atoms with Crippen molar-refractivity contribution in [3.8, 4) is 0 Å². The van der Waals surface area contributed by atoms with Gasteiger partial charge >= 0.3 is 0 Å². The number of hydrogen-bond acceptors (Lipinski definition) is 1. The number of allylic oxidation sites excluding steroid dienone is 1. The molecule has 0 aliphatic heterocycles. The Morgan fingerprint density at radius 2 is 2.08 bits per heavy atom. The Hall–Kier alpha value is -0.560. The molecule has 13 heavy (non-hydrogen) atoms. The molecule has 0 unspecified atom stereocenters. The van der Waals surface area contributed by atoms with Crippen molar-refractivity contribution in [2.45, 2.75) is 52.1 Å². The van der Waals surface area contributed by atoms with E-state index in [9.17, 15) is 5.11 Å². The second-order valence-electron chi connectivity index (χ2n) is 3.57. The molecular formula is C12H22O. The minimum absolute atomic E-state index is 0.453. The number of rotatable bonds is 7. The van der Waals surface area contributed by atoms with Crippen LogP contribution in [0.1, 0.15) is 46.0 Å². The molecule has 76 valence electrons. The highest BCUT2D eigenvalue weighted by molar-refractivity contribution is 5.07. The van der Waals surface area contributed by atoms with Crippen molar-refractivity contribution in [3.05, 3.63) is 24.3 Å². The van der Waals surface area contributed by atoms with Crippen molar-refractivity contribution in [1.29, 1.82) is 0 Å². The van der Waals surface area contributed by atoms with Crippen molar-refractivity contribution in [1.82, 2.24) is 0 Å². The standard InChI is InChI=1S/C12H22O/c1-4-5-6-7-8-9-10-12(13)11(2)3/h9-10,12-13H,2,4-8H2,1,3H3/b10-9+/t12-/m0/s1. The summed E-state index contributed by atoms with van der Waals surface area (Å²) in [4.78, 5) is 0. The van der Waals surface area contributed by atoms with Crippen LogP contribution in [0.15, 0.2) is 24.3 Å². The Labute approximate surface area is 82.2 Å². The predicted octanol–water partition coefficient (Wildman–Crippen LogP) is 3.45. The van der Waals surface area contributed by atoms with Crippen molar-refractivity contribution < 1.29 is 5.11 Å². The third-order valence-corrected chi connectivity index (χ3v) is 2.05. The number of aliphatic hydroxyl groups is 1. The third-order valence-electron chi connectivity index (χ3n) is 2.05. The Balaban J connectivity index is 3.35. The normalized spacial score (nSPS) is 13.5. The van der Waals surface area contributed by atoms with Gasteiger partial charge in [-0.2, -0.15) is 0 Å². The molecule has 0 saturated heterocycles. The van der Waals surface area contributed by atoms with Crippen LogP contribution < -0.4 is 0 Å². The minimum atomic E-state index is -0.453. The molecule has 0 fully saturated rings. The van der Waals surface area contributed by atoms with Crippen molar-refractivity contribution in [2.75, 3.05) is 0 Å². The van der Waals surface area contributed by atoms with Crippen molar-refractivity contribution in [3.63, 3.8) is 0 Å². The Morgan fingerprint density at radius 1 is 1.38 bits per heavy atom. The van der Waals surface area contributed by atoms with E-state index in [1.165, 1.54) is 25.7 Å². The maximum atomic E-state index is 9.34. The molecule has 0 rings (SSSR count). The summed E-state index contributed by atoms with van der Waals surface area (Å²) in [5.41, 5.74) is 0.810. The monoisotopic (exact) mass is 182 g/mol. The van der Waals surface area contributed by atoms with Crippen LogP contribution >= 0.6 is 0 Å². The quantitative estimate of drug-likeness (QED) is 0.472. The fourth-order valence-electron chi connectivity index (χ4n) is 1.08. The lowest BCUT2D eigenvalue weighted by Crippen LogP contribution is -2.01. The number of unbranched alkanes of at least 4 members (excludes halogenated alkanes) is 4. The number of hydrogen-bond donors (Lipinski definition) is 1. The van der Waals surface area contributed by atoms with Gasteiger partial charge in [-0.3, -0.25) is 0 Å². The summed E-state index contributed by atoms with van der Waals surface area (Å²) < 4.78 is 0. The van der Waals surface area contributed by atoms with Gasteiger partial charge in [0.2, 0.25) is 0 Å². The fourth-order valence-corrected chi connectivity index (χ4v) is 1.08. The van der Waals surface area contributed by atoms with E-state index in [1.807, 2.05) is 13.0 Å². The summed E-state index contributed by atoms with van der Waals surface area (Å²) >= 11 is 0. The largest absolute Gasteiger partial charge is 0.385 e. The molecule has 0 saturated carbocycles. The van der Waals surface area contributed by atoms with Crippen LogP contribution in [0.4, 0.5) is 0 Å². The average molecular weight is 182 g/mol. The average Bonchev–Trinajstić information content (AvgIpc) is 2.10. The van der Waals surface area contributed by atoms with E-state index in [0.29, 0.717) is 0 Å². The topological polar surface area (TPSA) is 20.2 Å². The van der Waals surface area contributed by atoms with Crippen LogP contribution in [0, 0.1) is 0 Å². The molecule has 0 radical (unpaired) electrons. The van der Waals surface area contributed by atoms with Crippen molar-refractivity contribution >= 4 is 0 Å². The summed E-state index contributed by atoms with van der Waals surface area (Å²) in [6, 6.07) is 0. The smallest absolute Gasteiger partial charge is 0.0926 e. The molecule has 0 aliphatic rings. The molecule has 0 aromatic heterocycles. The molecule has 0 aliphatic carbocycles. The van der Waals surface area contributed by atoms with E-state index in [4.69, 9.17) is 0 Å². The third kappa shape index (κ3) is 7.79. The zero-order valence-corrected chi connectivity index (χ0v) is 8.92. The highest BCUT2D eigenvalue weighted by Gasteiger charge is 1.96. The fraction of sp³-hybridized carbons (Fsp3) is 0.667. The van der Waals surface area contributed by atoms with Gasteiger partial charge in [0.25, 0.3) is 0 Å². The Kier molecular flexibility index (Phi) is 7.71. The highest BCUT2D eigenvalue weighted by Crippen LogP contribution is 2.05.